The summed E-state index contributed by atoms with van der Waals surface area (Å²) < 4.78 is 0.760. The Morgan fingerprint density at radius 3 is 2.69 bits per heavy atom. The van der Waals surface area contributed by atoms with Gasteiger partial charge in [-0.1, -0.05) is 46.4 Å². The van der Waals surface area contributed by atoms with Crippen molar-refractivity contribution in [2.45, 2.75) is 41.9 Å². The number of carbonyl (C=O) groups excluding carboxylic acids is 2. The molecule has 3 heterocycles. The summed E-state index contributed by atoms with van der Waals surface area (Å²) >= 11 is 4.33. The Kier molecular flexibility index (Phi) is 7.03. The molecule has 0 saturated carbocycles. The van der Waals surface area contributed by atoms with E-state index in [-0.39, 0.29) is 18.0 Å². The van der Waals surface area contributed by atoms with Gasteiger partial charge in [-0.25, -0.2) is 4.79 Å². The summed E-state index contributed by atoms with van der Waals surface area (Å²) in [5.41, 5.74) is 8.51. The Hall–Kier alpha value is -2.15. The molecule has 3 aliphatic rings. The number of allylic oxidation sites excluding steroid dienone is 2. The number of nitrogens with two attached hydrogens (primary N) is 1. The molecule has 0 spiro atoms. The van der Waals surface area contributed by atoms with Crippen LogP contribution in [0.3, 0.4) is 0 Å². The number of carbonyl (C=O) groups is 3. The first-order valence-corrected chi connectivity index (χ1v) is 12.9. The Bertz CT molecular complexity index is 1050. The predicted molar refractivity (Wildman–Crippen MR) is 124 cm³/mol. The zero-order chi connectivity index (χ0) is 22.8. The third kappa shape index (κ3) is 4.63. The third-order valence-electron chi connectivity index (χ3n) is 5.46. The van der Waals surface area contributed by atoms with Crippen LogP contribution in [0.4, 0.5) is 0 Å². The number of aromatic nitrogens is 2. The van der Waals surface area contributed by atoms with Crippen LogP contribution in [0.2, 0.25) is 0 Å². The fraction of sp³-hybridized carbons (Fsp3) is 0.450. The summed E-state index contributed by atoms with van der Waals surface area (Å²) in [6, 6.07) is -0.720. The molecule has 1 aromatic heterocycles. The van der Waals surface area contributed by atoms with Gasteiger partial charge < -0.3 is 16.2 Å². The predicted octanol–water partition coefficient (Wildman–Crippen LogP) is 1.67. The van der Waals surface area contributed by atoms with E-state index in [2.05, 4.69) is 15.5 Å². The number of amides is 2. The highest BCUT2D eigenvalue weighted by molar-refractivity contribution is 8.01. The van der Waals surface area contributed by atoms with Crippen LogP contribution in [0.5, 0.6) is 0 Å². The van der Waals surface area contributed by atoms with E-state index in [1.807, 2.05) is 19.1 Å². The normalized spacial score (nSPS) is 22.7. The number of rotatable bonds is 8. The topological polar surface area (TPSA) is 139 Å². The fourth-order valence-corrected chi connectivity index (χ4v) is 7.16. The molecule has 1 fully saturated rings. The molecule has 9 nitrogen and oxygen atoms in total. The monoisotopic (exact) mass is 493 g/mol. The van der Waals surface area contributed by atoms with Crippen molar-refractivity contribution in [3.63, 3.8) is 0 Å². The second-order valence-electron chi connectivity index (χ2n) is 7.56. The van der Waals surface area contributed by atoms with Gasteiger partial charge in [0.2, 0.25) is 5.91 Å². The second kappa shape index (κ2) is 9.77. The molecule has 2 aliphatic heterocycles. The molecule has 4 N–H and O–H groups in total. The van der Waals surface area contributed by atoms with Crippen molar-refractivity contribution < 1.29 is 19.5 Å². The highest BCUT2D eigenvalue weighted by Gasteiger charge is 2.54. The highest BCUT2D eigenvalue weighted by atomic mass is 32.2. The van der Waals surface area contributed by atoms with Crippen LogP contribution < -0.4 is 11.1 Å². The van der Waals surface area contributed by atoms with Crippen LogP contribution in [0.25, 0.3) is 0 Å². The molecule has 1 aliphatic carbocycles. The van der Waals surface area contributed by atoms with Gasteiger partial charge in [-0.2, -0.15) is 0 Å². The standard InChI is InChI=1S/C20H23N5O4S3/c1-10-23-24-20(32-10)31-9-13-8-30-18-15(17(27)25(18)16(13)19(28)29)22-14(26)6-11-4-2-3-5-12(11)7-21/h2-3,15,18H,4-9,21H2,1H3,(H,22,26)(H,28,29)/t15?,18-/m1/s1. The van der Waals surface area contributed by atoms with Gasteiger partial charge >= 0.3 is 5.97 Å². The second-order valence-corrected chi connectivity index (χ2v) is 11.1. The van der Waals surface area contributed by atoms with Crippen LogP contribution in [0.15, 0.2) is 38.9 Å². The zero-order valence-electron chi connectivity index (χ0n) is 17.4. The Labute approximate surface area is 197 Å². The molecule has 1 unspecified atom stereocenters. The first-order valence-electron chi connectivity index (χ1n) is 10.1. The van der Waals surface area contributed by atoms with Gasteiger partial charge in [0.15, 0.2) is 4.34 Å². The van der Waals surface area contributed by atoms with E-state index < -0.39 is 23.3 Å². The molecule has 12 heteroatoms. The largest absolute Gasteiger partial charge is 0.477 e. The maximum atomic E-state index is 12.8. The Balaban J connectivity index is 1.42. The minimum atomic E-state index is -1.13. The average Bonchev–Trinajstić information content (AvgIpc) is 3.20. The van der Waals surface area contributed by atoms with E-state index >= 15 is 0 Å². The fourth-order valence-electron chi connectivity index (χ4n) is 3.86. The van der Waals surface area contributed by atoms with Gasteiger partial charge in [0.25, 0.3) is 5.91 Å². The molecule has 0 aromatic carbocycles. The lowest BCUT2D eigenvalue weighted by molar-refractivity contribution is -0.150. The van der Waals surface area contributed by atoms with Gasteiger partial charge in [0, 0.05) is 24.5 Å². The van der Waals surface area contributed by atoms with Crippen LogP contribution in [-0.4, -0.2) is 67.5 Å². The van der Waals surface area contributed by atoms with Gasteiger partial charge in [0.05, 0.1) is 0 Å². The molecule has 4 rings (SSSR count). The molecule has 1 saturated heterocycles. The van der Waals surface area contributed by atoms with Crippen molar-refractivity contribution >= 4 is 52.6 Å². The lowest BCUT2D eigenvalue weighted by atomic mass is 9.94. The van der Waals surface area contributed by atoms with Gasteiger partial charge in [-0.15, -0.1) is 22.0 Å². The summed E-state index contributed by atoms with van der Waals surface area (Å²) in [5.74, 6) is -0.877. The van der Waals surface area contributed by atoms with Crippen molar-refractivity contribution in [2.75, 3.05) is 18.1 Å². The molecule has 170 valence electrons. The minimum absolute atomic E-state index is 0.0172. The van der Waals surface area contributed by atoms with E-state index in [0.717, 1.165) is 26.9 Å². The molecule has 2 amide bonds. The van der Waals surface area contributed by atoms with Crippen LogP contribution in [0.1, 0.15) is 24.3 Å². The number of nitrogens with zero attached hydrogens (tertiary/aromatic N) is 3. The number of aryl methyl sites for hydroxylation is 1. The smallest absolute Gasteiger partial charge is 0.352 e. The number of hydrogen-bond acceptors (Lipinski definition) is 9. The SMILES string of the molecule is Cc1nnc(SCC2=C(C(=O)O)N3C(=O)C(NC(=O)CC4=C(CN)CC=CC4)[C@H]3SC2)s1. The van der Waals surface area contributed by atoms with Gasteiger partial charge in [-0.05, 0) is 25.3 Å². The first kappa shape index (κ1) is 23.0. The number of carboxylic acids is 1. The molecule has 1 aromatic rings. The number of carboxylic acid groups (broad SMARTS) is 1. The molecule has 0 bridgehead atoms. The third-order valence-corrected chi connectivity index (χ3v) is 8.86. The molecular formula is C20H23N5O4S3. The Morgan fingerprint density at radius 1 is 1.28 bits per heavy atom. The van der Waals surface area contributed by atoms with E-state index in [1.165, 1.54) is 39.8 Å². The maximum absolute atomic E-state index is 12.8. The van der Waals surface area contributed by atoms with Crippen molar-refractivity contribution in [1.29, 1.82) is 0 Å². The van der Waals surface area contributed by atoms with Gasteiger partial charge in [-0.3, -0.25) is 14.5 Å². The number of hydrogen-bond donors (Lipinski definition) is 3. The lowest BCUT2D eigenvalue weighted by Gasteiger charge is -2.49. The van der Waals surface area contributed by atoms with E-state index in [4.69, 9.17) is 5.73 Å². The van der Waals surface area contributed by atoms with Crippen LogP contribution >= 0.6 is 34.9 Å². The van der Waals surface area contributed by atoms with Crippen LogP contribution in [0, 0.1) is 6.92 Å². The van der Waals surface area contributed by atoms with Crippen molar-refractivity contribution in [1.82, 2.24) is 20.4 Å². The first-order chi connectivity index (χ1) is 15.4. The highest BCUT2D eigenvalue weighted by Crippen LogP contribution is 2.41. The number of thioether (sulfide) groups is 2. The minimum Gasteiger partial charge on any atom is -0.477 e. The van der Waals surface area contributed by atoms with Crippen molar-refractivity contribution in [3.05, 3.63) is 39.6 Å². The van der Waals surface area contributed by atoms with E-state index in [0.29, 0.717) is 30.0 Å². The van der Waals surface area contributed by atoms with E-state index in [1.54, 1.807) is 0 Å². The molecule has 32 heavy (non-hydrogen) atoms. The van der Waals surface area contributed by atoms with Crippen molar-refractivity contribution in [2.24, 2.45) is 5.73 Å². The Morgan fingerprint density at radius 2 is 2.03 bits per heavy atom. The molecule has 0 radical (unpaired) electrons. The molecule has 2 atom stereocenters. The quantitative estimate of drug-likeness (QED) is 0.280. The average molecular weight is 494 g/mol. The summed E-state index contributed by atoms with van der Waals surface area (Å²) in [4.78, 5) is 38.7. The maximum Gasteiger partial charge on any atom is 0.352 e. The molecular weight excluding hydrogens is 470 g/mol. The van der Waals surface area contributed by atoms with E-state index in [9.17, 15) is 19.5 Å². The number of fused-ring (bicyclic) bond motifs is 1. The summed E-state index contributed by atoms with van der Waals surface area (Å²) in [6.45, 7) is 2.27. The lowest BCUT2D eigenvalue weighted by Crippen LogP contribution is -2.70. The summed E-state index contributed by atoms with van der Waals surface area (Å²) in [6.07, 6.45) is 5.68. The number of aliphatic carboxylic acids is 1. The summed E-state index contributed by atoms with van der Waals surface area (Å²) in [7, 11) is 0. The number of β-lactam (4-membered cyclic amide) rings is 1. The van der Waals surface area contributed by atoms with Gasteiger partial charge in [0.1, 0.15) is 22.1 Å². The van der Waals surface area contributed by atoms with Crippen molar-refractivity contribution in [3.8, 4) is 0 Å². The summed E-state index contributed by atoms with van der Waals surface area (Å²) in [5, 5.41) is 21.0. The van der Waals surface area contributed by atoms with Crippen LogP contribution in [-0.2, 0) is 14.4 Å². The number of nitrogens with one attached hydrogen (secondary N) is 1. The zero-order valence-corrected chi connectivity index (χ0v) is 19.8.